The first-order valence-corrected chi connectivity index (χ1v) is 9.86. The van der Waals surface area contributed by atoms with E-state index >= 15 is 0 Å². The van der Waals surface area contributed by atoms with Gasteiger partial charge in [0.1, 0.15) is 12.1 Å². The first-order chi connectivity index (χ1) is 13.5. The van der Waals surface area contributed by atoms with Crippen molar-refractivity contribution in [2.24, 2.45) is 5.92 Å². The summed E-state index contributed by atoms with van der Waals surface area (Å²) in [6.07, 6.45) is 1.74. The van der Waals surface area contributed by atoms with Gasteiger partial charge in [-0.25, -0.2) is 4.79 Å². The first kappa shape index (κ1) is 21.7. The minimum absolute atomic E-state index is 0.227. The number of nitriles is 1. The quantitative estimate of drug-likeness (QED) is 0.715. The Hall–Kier alpha value is -2.59. The molecular weight excluding hydrogens is 356 g/mol. The van der Waals surface area contributed by atoms with E-state index in [0.717, 1.165) is 5.56 Å². The Labute approximate surface area is 167 Å². The number of nitrogens with one attached hydrogen (secondary N) is 2. The van der Waals surface area contributed by atoms with E-state index < -0.39 is 12.1 Å². The maximum absolute atomic E-state index is 12.8. The molecule has 1 aromatic rings. The molecule has 0 aromatic heterocycles. The second kappa shape index (κ2) is 11.3. The van der Waals surface area contributed by atoms with Gasteiger partial charge in [0.15, 0.2) is 0 Å². The Kier molecular flexibility index (Phi) is 8.76. The third kappa shape index (κ3) is 7.20. The number of ether oxygens (including phenoxy) is 1. The molecule has 28 heavy (non-hydrogen) atoms. The number of nitrogens with zero attached hydrogens (tertiary/aromatic N) is 2. The highest BCUT2D eigenvalue weighted by atomic mass is 16.5. The molecule has 1 heterocycles. The van der Waals surface area contributed by atoms with Crippen molar-refractivity contribution < 1.29 is 14.3 Å². The molecule has 1 aromatic carbocycles. The normalized spacial score (nSPS) is 16.1. The standard InChI is InChI=1S/C21H30N4O3/c1-16(2)14-19(24-21(27)25-10-12-28-13-11-25)20(26)23-18(15-22)9-8-17-6-4-3-5-7-17/h3-7,16,18-19H,8-14H2,1-2H3,(H,23,26)(H,24,27)/t18-,19-/m0/s1. The number of hydrogen-bond acceptors (Lipinski definition) is 4. The number of urea groups is 1. The number of carbonyl (C=O) groups is 2. The Bertz CT molecular complexity index is 666. The summed E-state index contributed by atoms with van der Waals surface area (Å²) in [6, 6.07) is 10.5. The van der Waals surface area contributed by atoms with Crippen molar-refractivity contribution in [1.82, 2.24) is 15.5 Å². The van der Waals surface area contributed by atoms with E-state index in [1.165, 1.54) is 0 Å². The second-order valence-electron chi connectivity index (χ2n) is 7.45. The molecule has 0 radical (unpaired) electrons. The van der Waals surface area contributed by atoms with Gasteiger partial charge in [-0.05, 0) is 30.7 Å². The minimum Gasteiger partial charge on any atom is -0.378 e. The largest absolute Gasteiger partial charge is 0.378 e. The van der Waals surface area contributed by atoms with E-state index in [9.17, 15) is 14.9 Å². The minimum atomic E-state index is -0.664. The molecule has 2 atom stereocenters. The van der Waals surface area contributed by atoms with Crippen LogP contribution in [0.25, 0.3) is 0 Å². The van der Waals surface area contributed by atoms with Crippen molar-refractivity contribution in [3.05, 3.63) is 35.9 Å². The summed E-state index contributed by atoms with van der Waals surface area (Å²) in [6.45, 7) is 6.03. The van der Waals surface area contributed by atoms with Crippen LogP contribution < -0.4 is 10.6 Å². The van der Waals surface area contributed by atoms with Crippen LogP contribution in [0.5, 0.6) is 0 Å². The fourth-order valence-corrected chi connectivity index (χ4v) is 3.11. The van der Waals surface area contributed by atoms with Gasteiger partial charge in [-0.3, -0.25) is 4.79 Å². The van der Waals surface area contributed by atoms with Crippen molar-refractivity contribution in [3.8, 4) is 6.07 Å². The van der Waals surface area contributed by atoms with Gasteiger partial charge in [-0.1, -0.05) is 44.2 Å². The summed E-state index contributed by atoms with van der Waals surface area (Å²) in [5.41, 5.74) is 1.12. The van der Waals surface area contributed by atoms with Crippen molar-refractivity contribution in [3.63, 3.8) is 0 Å². The molecule has 7 heteroatoms. The number of carbonyl (C=O) groups excluding carboxylic acids is 2. The zero-order valence-electron chi connectivity index (χ0n) is 16.7. The summed E-state index contributed by atoms with van der Waals surface area (Å²) >= 11 is 0. The average Bonchev–Trinajstić information content (AvgIpc) is 2.71. The fourth-order valence-electron chi connectivity index (χ4n) is 3.11. The highest BCUT2D eigenvalue weighted by molar-refractivity contribution is 5.87. The maximum atomic E-state index is 12.8. The SMILES string of the molecule is CC(C)C[C@H](NC(=O)N1CCOCC1)C(=O)N[C@H](C#N)CCc1ccccc1. The van der Waals surface area contributed by atoms with Gasteiger partial charge in [-0.2, -0.15) is 5.26 Å². The van der Waals surface area contributed by atoms with Crippen molar-refractivity contribution in [2.75, 3.05) is 26.3 Å². The molecule has 0 saturated carbocycles. The summed E-state index contributed by atoms with van der Waals surface area (Å²) < 4.78 is 5.26. The van der Waals surface area contributed by atoms with Crippen LogP contribution in [0.1, 0.15) is 32.3 Å². The number of amides is 3. The molecule has 1 fully saturated rings. The van der Waals surface area contributed by atoms with Crippen LogP contribution in [-0.2, 0) is 16.0 Å². The van der Waals surface area contributed by atoms with Gasteiger partial charge < -0.3 is 20.3 Å². The molecule has 0 unspecified atom stereocenters. The van der Waals surface area contributed by atoms with Crippen molar-refractivity contribution in [2.45, 2.75) is 45.2 Å². The van der Waals surface area contributed by atoms with E-state index in [0.29, 0.717) is 45.6 Å². The van der Waals surface area contributed by atoms with Crippen LogP contribution in [0.4, 0.5) is 4.79 Å². The average molecular weight is 386 g/mol. The summed E-state index contributed by atoms with van der Waals surface area (Å²) in [5, 5.41) is 15.1. The molecule has 0 aliphatic carbocycles. The predicted octanol–water partition coefficient (Wildman–Crippen LogP) is 2.08. The summed E-state index contributed by atoms with van der Waals surface area (Å²) in [5.74, 6) is -0.0829. The summed E-state index contributed by atoms with van der Waals surface area (Å²) in [4.78, 5) is 26.9. The lowest BCUT2D eigenvalue weighted by Crippen LogP contribution is -2.55. The maximum Gasteiger partial charge on any atom is 0.318 e. The third-order valence-electron chi connectivity index (χ3n) is 4.66. The van der Waals surface area contributed by atoms with Crippen molar-refractivity contribution in [1.29, 1.82) is 5.26 Å². The number of aryl methyl sites for hydroxylation is 1. The smallest absolute Gasteiger partial charge is 0.318 e. The molecule has 0 spiro atoms. The number of rotatable bonds is 8. The second-order valence-corrected chi connectivity index (χ2v) is 7.45. The van der Waals surface area contributed by atoms with Crippen molar-refractivity contribution >= 4 is 11.9 Å². The predicted molar refractivity (Wildman–Crippen MR) is 106 cm³/mol. The highest BCUT2D eigenvalue weighted by Gasteiger charge is 2.26. The van der Waals surface area contributed by atoms with E-state index in [2.05, 4.69) is 16.7 Å². The van der Waals surface area contributed by atoms with Gasteiger partial charge in [0.05, 0.1) is 19.3 Å². The van der Waals surface area contributed by atoms with Gasteiger partial charge in [0, 0.05) is 13.1 Å². The van der Waals surface area contributed by atoms with Gasteiger partial charge in [-0.15, -0.1) is 0 Å². The number of hydrogen-bond donors (Lipinski definition) is 2. The molecule has 2 N–H and O–H groups in total. The van der Waals surface area contributed by atoms with Gasteiger partial charge >= 0.3 is 6.03 Å². The lowest BCUT2D eigenvalue weighted by molar-refractivity contribution is -0.123. The molecule has 1 aliphatic heterocycles. The number of benzene rings is 1. The molecule has 152 valence electrons. The monoisotopic (exact) mass is 386 g/mol. The molecular formula is C21H30N4O3. The van der Waals surface area contributed by atoms with Crippen LogP contribution in [0.2, 0.25) is 0 Å². The van der Waals surface area contributed by atoms with Crippen LogP contribution >= 0.6 is 0 Å². The van der Waals surface area contributed by atoms with E-state index in [1.54, 1.807) is 4.90 Å². The fraction of sp³-hybridized carbons (Fsp3) is 0.571. The van der Waals surface area contributed by atoms with Gasteiger partial charge in [0.25, 0.3) is 0 Å². The molecule has 7 nitrogen and oxygen atoms in total. The molecule has 1 saturated heterocycles. The van der Waals surface area contributed by atoms with Crippen LogP contribution in [0, 0.1) is 17.2 Å². The lowest BCUT2D eigenvalue weighted by Gasteiger charge is -2.29. The topological polar surface area (TPSA) is 94.5 Å². The molecule has 3 amide bonds. The van der Waals surface area contributed by atoms with Crippen LogP contribution in [0.3, 0.4) is 0 Å². The lowest BCUT2D eigenvalue weighted by atomic mass is 10.0. The van der Waals surface area contributed by atoms with E-state index in [-0.39, 0.29) is 17.9 Å². The highest BCUT2D eigenvalue weighted by Crippen LogP contribution is 2.09. The van der Waals surface area contributed by atoms with Crippen LogP contribution in [0.15, 0.2) is 30.3 Å². The Balaban J connectivity index is 1.92. The van der Waals surface area contributed by atoms with Crippen LogP contribution in [-0.4, -0.2) is 55.2 Å². The van der Waals surface area contributed by atoms with E-state index in [1.807, 2.05) is 44.2 Å². The van der Waals surface area contributed by atoms with Gasteiger partial charge in [0.2, 0.25) is 5.91 Å². The first-order valence-electron chi connectivity index (χ1n) is 9.86. The molecule has 1 aliphatic rings. The molecule has 2 rings (SSSR count). The number of morpholine rings is 1. The Morgan fingerprint density at radius 1 is 1.18 bits per heavy atom. The zero-order chi connectivity index (χ0) is 20.4. The zero-order valence-corrected chi connectivity index (χ0v) is 16.7. The van der Waals surface area contributed by atoms with E-state index in [4.69, 9.17) is 4.74 Å². The Morgan fingerprint density at radius 2 is 1.86 bits per heavy atom. The molecule has 0 bridgehead atoms. The Morgan fingerprint density at radius 3 is 2.46 bits per heavy atom. The third-order valence-corrected chi connectivity index (χ3v) is 4.66. The summed E-state index contributed by atoms with van der Waals surface area (Å²) in [7, 11) is 0.